The van der Waals surface area contributed by atoms with E-state index in [2.05, 4.69) is 34.6 Å². The molecule has 2 aliphatic heterocycles. The number of amidine groups is 1. The van der Waals surface area contributed by atoms with Crippen LogP contribution in [-0.4, -0.2) is 42.0 Å². The zero-order valence-electron chi connectivity index (χ0n) is 15.1. The Kier molecular flexibility index (Phi) is 4.81. The van der Waals surface area contributed by atoms with Gasteiger partial charge in [0, 0.05) is 30.4 Å². The van der Waals surface area contributed by atoms with Crippen LogP contribution in [-0.2, 0) is 0 Å². The number of nitrogens with one attached hydrogen (secondary N) is 2. The fourth-order valence-corrected chi connectivity index (χ4v) is 3.11. The number of anilines is 1. The Morgan fingerprint density at radius 2 is 2.19 bits per heavy atom. The van der Waals surface area contributed by atoms with Gasteiger partial charge in [-0.1, -0.05) is 19.9 Å². The summed E-state index contributed by atoms with van der Waals surface area (Å²) in [5, 5.41) is 4.00. The standard InChI is InChI=1S/C18H24F2N6/c1-17(2,10-22-3)11-24-15-7-6-12-9-14(26(25-15)18(12,19)20)13-5-4-8-23-16(13)21/h4-9,14,22H,10-11H2,1-3H3,(H2,21,23)(H,24,25). The molecule has 0 saturated heterocycles. The number of rotatable bonds is 5. The number of alkyl halides is 2. The number of aliphatic imine (C=N–C) groups is 1. The van der Waals surface area contributed by atoms with E-state index >= 15 is 0 Å². The van der Waals surface area contributed by atoms with E-state index in [0.29, 0.717) is 17.9 Å². The summed E-state index contributed by atoms with van der Waals surface area (Å²) in [6.07, 6.45) is 6.02. The van der Waals surface area contributed by atoms with Gasteiger partial charge in [-0.3, -0.25) is 10.4 Å². The quantitative estimate of drug-likeness (QED) is 0.701. The highest BCUT2D eigenvalue weighted by atomic mass is 19.3. The Morgan fingerprint density at radius 3 is 2.88 bits per heavy atom. The van der Waals surface area contributed by atoms with Crippen molar-refractivity contribution in [3.63, 3.8) is 0 Å². The van der Waals surface area contributed by atoms with E-state index in [1.807, 2.05) is 7.05 Å². The van der Waals surface area contributed by atoms with Crippen molar-refractivity contribution in [1.82, 2.24) is 20.7 Å². The van der Waals surface area contributed by atoms with Gasteiger partial charge >= 0.3 is 6.05 Å². The fraction of sp³-hybridized carbons (Fsp3) is 0.444. The van der Waals surface area contributed by atoms with Gasteiger partial charge in [-0.25, -0.2) is 4.98 Å². The van der Waals surface area contributed by atoms with Gasteiger partial charge in [0.1, 0.15) is 11.7 Å². The van der Waals surface area contributed by atoms with Crippen LogP contribution in [0.2, 0.25) is 0 Å². The lowest BCUT2D eigenvalue weighted by Gasteiger charge is -2.31. The molecule has 2 atom stereocenters. The van der Waals surface area contributed by atoms with Gasteiger partial charge in [0.2, 0.25) is 0 Å². The van der Waals surface area contributed by atoms with Crippen molar-refractivity contribution in [3.8, 4) is 0 Å². The molecule has 0 radical (unpaired) electrons. The van der Waals surface area contributed by atoms with Crippen molar-refractivity contribution in [2.75, 3.05) is 25.9 Å². The molecule has 2 bridgehead atoms. The van der Waals surface area contributed by atoms with E-state index in [9.17, 15) is 8.78 Å². The first-order valence-corrected chi connectivity index (χ1v) is 8.48. The van der Waals surface area contributed by atoms with Gasteiger partial charge in [-0.15, -0.1) is 5.01 Å². The zero-order chi connectivity index (χ0) is 18.9. The Hall–Kier alpha value is -2.32. The molecule has 26 heavy (non-hydrogen) atoms. The maximum Gasteiger partial charge on any atom is 0.348 e. The van der Waals surface area contributed by atoms with Crippen molar-refractivity contribution in [3.05, 3.63) is 47.7 Å². The van der Waals surface area contributed by atoms with Crippen molar-refractivity contribution in [2.24, 2.45) is 10.4 Å². The molecule has 1 aromatic rings. The maximum absolute atomic E-state index is 14.8. The normalized spacial score (nSPS) is 25.7. The third kappa shape index (κ3) is 3.47. The molecule has 1 aromatic heterocycles. The fourth-order valence-electron chi connectivity index (χ4n) is 3.11. The predicted molar refractivity (Wildman–Crippen MR) is 98.5 cm³/mol. The van der Waals surface area contributed by atoms with E-state index in [1.54, 1.807) is 18.2 Å². The average molecular weight is 362 g/mol. The van der Waals surface area contributed by atoms with Crippen LogP contribution < -0.4 is 16.5 Å². The molecule has 2 unspecified atom stereocenters. The first-order chi connectivity index (χ1) is 12.2. The second-order valence-corrected chi connectivity index (χ2v) is 7.30. The van der Waals surface area contributed by atoms with Crippen LogP contribution in [0.15, 0.2) is 47.1 Å². The number of nitrogens with zero attached hydrogens (tertiary/aromatic N) is 3. The highest BCUT2D eigenvalue weighted by molar-refractivity contribution is 5.93. The highest BCUT2D eigenvalue weighted by Gasteiger charge is 2.51. The Balaban J connectivity index is 1.90. The van der Waals surface area contributed by atoms with Gasteiger partial charge in [-0.05, 0) is 36.8 Å². The number of nitrogen functional groups attached to an aromatic ring is 1. The lowest BCUT2D eigenvalue weighted by molar-refractivity contribution is -0.126. The van der Waals surface area contributed by atoms with Crippen LogP contribution in [0.3, 0.4) is 0 Å². The van der Waals surface area contributed by atoms with Crippen LogP contribution in [0, 0.1) is 5.41 Å². The summed E-state index contributed by atoms with van der Waals surface area (Å²) in [6, 6.07) is -0.504. The predicted octanol–water partition coefficient (Wildman–Crippen LogP) is 2.26. The number of halogens is 2. The van der Waals surface area contributed by atoms with Crippen molar-refractivity contribution in [1.29, 1.82) is 0 Å². The molecular weight excluding hydrogens is 338 g/mol. The first-order valence-electron chi connectivity index (χ1n) is 8.48. The SMILES string of the molecule is CNCC(C)(C)CN=C1C=CC2=CC(c3cccnc3N)N(N1)C2(F)F. The van der Waals surface area contributed by atoms with Gasteiger partial charge in [0.05, 0.1) is 6.04 Å². The Bertz CT molecular complexity index is 769. The van der Waals surface area contributed by atoms with E-state index in [4.69, 9.17) is 5.73 Å². The molecule has 8 heteroatoms. The summed E-state index contributed by atoms with van der Waals surface area (Å²) in [6.45, 7) is 5.40. The van der Waals surface area contributed by atoms with Crippen LogP contribution in [0.1, 0.15) is 25.5 Å². The molecule has 3 heterocycles. The van der Waals surface area contributed by atoms with E-state index in [1.165, 1.54) is 18.3 Å². The first kappa shape index (κ1) is 18.5. The molecule has 0 amide bonds. The van der Waals surface area contributed by atoms with Gasteiger partial charge < -0.3 is 11.1 Å². The summed E-state index contributed by atoms with van der Waals surface area (Å²) in [7, 11) is 1.87. The minimum Gasteiger partial charge on any atom is -0.383 e. The molecule has 0 aliphatic carbocycles. The largest absolute Gasteiger partial charge is 0.383 e. The summed E-state index contributed by atoms with van der Waals surface area (Å²) in [4.78, 5) is 8.51. The third-order valence-corrected chi connectivity index (χ3v) is 4.44. The molecule has 0 aromatic carbocycles. The number of aromatic nitrogens is 1. The van der Waals surface area contributed by atoms with E-state index in [-0.39, 0.29) is 16.8 Å². The lowest BCUT2D eigenvalue weighted by atomic mass is 9.94. The summed E-state index contributed by atoms with van der Waals surface area (Å²) < 4.78 is 29.5. The third-order valence-electron chi connectivity index (χ3n) is 4.44. The number of nitrogens with two attached hydrogens (primary N) is 1. The molecular formula is C18H24F2N6. The Morgan fingerprint density at radius 1 is 1.42 bits per heavy atom. The van der Waals surface area contributed by atoms with Crippen LogP contribution in [0.25, 0.3) is 0 Å². The maximum atomic E-state index is 14.8. The van der Waals surface area contributed by atoms with Gasteiger partial charge in [0.25, 0.3) is 0 Å². The van der Waals surface area contributed by atoms with E-state index < -0.39 is 12.1 Å². The molecule has 140 valence electrons. The molecule has 4 N–H and O–H groups in total. The molecule has 2 aliphatic rings. The van der Waals surface area contributed by atoms with Crippen molar-refractivity contribution in [2.45, 2.75) is 25.9 Å². The summed E-state index contributed by atoms with van der Waals surface area (Å²) in [5.41, 5.74) is 9.03. The lowest BCUT2D eigenvalue weighted by Crippen LogP contribution is -2.50. The summed E-state index contributed by atoms with van der Waals surface area (Å²) >= 11 is 0. The second kappa shape index (κ2) is 6.77. The smallest absolute Gasteiger partial charge is 0.348 e. The highest BCUT2D eigenvalue weighted by Crippen LogP contribution is 2.44. The monoisotopic (exact) mass is 362 g/mol. The van der Waals surface area contributed by atoms with E-state index in [0.717, 1.165) is 11.6 Å². The van der Waals surface area contributed by atoms with Gasteiger partial charge in [-0.2, -0.15) is 8.78 Å². The minimum absolute atomic E-state index is 0.0852. The number of hydrazine groups is 1. The molecule has 0 fully saturated rings. The van der Waals surface area contributed by atoms with Crippen LogP contribution >= 0.6 is 0 Å². The van der Waals surface area contributed by atoms with Gasteiger partial charge in [0.15, 0.2) is 0 Å². The summed E-state index contributed by atoms with van der Waals surface area (Å²) in [5.74, 6) is 0.625. The number of hydrogen-bond donors (Lipinski definition) is 3. The molecule has 0 saturated carbocycles. The number of hydrogen-bond acceptors (Lipinski definition) is 5. The minimum atomic E-state index is -3.17. The van der Waals surface area contributed by atoms with Crippen LogP contribution in [0.5, 0.6) is 0 Å². The Labute approximate surface area is 151 Å². The number of fused-ring (bicyclic) bond motifs is 2. The molecule has 3 rings (SSSR count). The van der Waals surface area contributed by atoms with Crippen LogP contribution in [0.4, 0.5) is 14.6 Å². The van der Waals surface area contributed by atoms with Crippen molar-refractivity contribution >= 4 is 11.7 Å². The average Bonchev–Trinajstić information content (AvgIpc) is 2.71. The molecule has 0 spiro atoms. The zero-order valence-corrected chi connectivity index (χ0v) is 15.1. The van der Waals surface area contributed by atoms with Crippen molar-refractivity contribution < 1.29 is 8.78 Å². The second-order valence-electron chi connectivity index (χ2n) is 7.30. The topological polar surface area (TPSA) is 78.6 Å². The number of pyridine rings is 1. The molecule has 6 nitrogen and oxygen atoms in total.